The van der Waals surface area contributed by atoms with E-state index in [0.717, 1.165) is 22.6 Å². The summed E-state index contributed by atoms with van der Waals surface area (Å²) in [7, 11) is 0. The Kier molecular flexibility index (Phi) is 2.58. The first-order valence-electron chi connectivity index (χ1n) is 7.70. The predicted molar refractivity (Wildman–Crippen MR) is 82.6 cm³/mol. The van der Waals surface area contributed by atoms with Gasteiger partial charge < -0.3 is 14.2 Å². The average molecular weight is 306 g/mol. The van der Waals surface area contributed by atoms with Crippen LogP contribution in [0.25, 0.3) is 0 Å². The van der Waals surface area contributed by atoms with Crippen LogP contribution >= 0.6 is 0 Å². The lowest BCUT2D eigenvalue weighted by Crippen LogP contribution is -2.39. The third kappa shape index (κ3) is 1.70. The van der Waals surface area contributed by atoms with Crippen molar-refractivity contribution in [3.8, 4) is 6.07 Å². The van der Waals surface area contributed by atoms with Crippen LogP contribution in [0, 0.1) is 11.3 Å². The van der Waals surface area contributed by atoms with E-state index in [1.165, 1.54) is 0 Å². The molecule has 0 bridgehead atoms. The fraction of sp³-hybridized carbons (Fsp3) is 0.333. The van der Waals surface area contributed by atoms with Gasteiger partial charge in [-0.25, -0.2) is 0 Å². The van der Waals surface area contributed by atoms with E-state index in [1.54, 1.807) is 6.07 Å². The van der Waals surface area contributed by atoms with Crippen molar-refractivity contribution in [2.24, 2.45) is 4.99 Å². The van der Waals surface area contributed by atoms with E-state index in [0.29, 0.717) is 25.4 Å². The molecule has 3 heterocycles. The average Bonchev–Trinajstić information content (AvgIpc) is 3.15. The summed E-state index contributed by atoms with van der Waals surface area (Å²) in [6, 6.07) is 7.81. The van der Waals surface area contributed by atoms with Crippen LogP contribution in [0.2, 0.25) is 0 Å². The minimum atomic E-state index is -0.417. The third-order valence-electron chi connectivity index (χ3n) is 4.91. The van der Waals surface area contributed by atoms with Crippen molar-refractivity contribution in [3.63, 3.8) is 0 Å². The zero-order chi connectivity index (χ0) is 15.4. The number of fused-ring (bicyclic) bond motifs is 5. The van der Waals surface area contributed by atoms with Gasteiger partial charge in [-0.2, -0.15) is 5.26 Å². The summed E-state index contributed by atoms with van der Waals surface area (Å²) < 4.78 is 17.5. The van der Waals surface area contributed by atoms with Crippen LogP contribution in [-0.4, -0.2) is 38.2 Å². The second-order valence-corrected chi connectivity index (χ2v) is 6.14. The molecule has 23 heavy (non-hydrogen) atoms. The molecule has 5 heteroatoms. The number of allylic oxidation sites excluding steroid dienone is 1. The fourth-order valence-electron chi connectivity index (χ4n) is 3.75. The topological polar surface area (TPSA) is 63.8 Å². The maximum Gasteiger partial charge on any atom is 0.122 e. The van der Waals surface area contributed by atoms with Crippen LogP contribution < -0.4 is 0 Å². The van der Waals surface area contributed by atoms with Crippen molar-refractivity contribution in [1.82, 2.24) is 0 Å². The van der Waals surface area contributed by atoms with Crippen LogP contribution in [0.1, 0.15) is 11.1 Å². The monoisotopic (exact) mass is 306 g/mol. The van der Waals surface area contributed by atoms with Crippen LogP contribution in [0.15, 0.2) is 46.7 Å². The summed E-state index contributed by atoms with van der Waals surface area (Å²) in [4.78, 5) is 4.55. The van der Waals surface area contributed by atoms with E-state index in [1.807, 2.05) is 24.4 Å². The van der Waals surface area contributed by atoms with Gasteiger partial charge in [0.25, 0.3) is 0 Å². The van der Waals surface area contributed by atoms with Crippen molar-refractivity contribution < 1.29 is 14.2 Å². The van der Waals surface area contributed by atoms with E-state index in [9.17, 15) is 5.26 Å². The lowest BCUT2D eigenvalue weighted by molar-refractivity contribution is -0.103. The molecule has 1 spiro atoms. The summed E-state index contributed by atoms with van der Waals surface area (Å²) in [6.45, 7) is 1.70. The molecule has 0 amide bonds. The summed E-state index contributed by atoms with van der Waals surface area (Å²) >= 11 is 0. The first-order valence-corrected chi connectivity index (χ1v) is 7.70. The molecule has 5 nitrogen and oxygen atoms in total. The van der Waals surface area contributed by atoms with Crippen molar-refractivity contribution >= 4 is 11.9 Å². The van der Waals surface area contributed by atoms with Crippen molar-refractivity contribution in [2.45, 2.75) is 17.6 Å². The van der Waals surface area contributed by atoms with Gasteiger partial charge in [-0.15, -0.1) is 0 Å². The van der Waals surface area contributed by atoms with Gasteiger partial charge in [-0.3, -0.25) is 4.99 Å². The quantitative estimate of drug-likeness (QED) is 0.737. The van der Waals surface area contributed by atoms with Crippen LogP contribution in [-0.2, 0) is 19.6 Å². The highest BCUT2D eigenvalue weighted by Crippen LogP contribution is 2.50. The van der Waals surface area contributed by atoms with E-state index in [2.05, 4.69) is 17.1 Å². The van der Waals surface area contributed by atoms with Crippen molar-refractivity contribution in [1.29, 1.82) is 5.26 Å². The van der Waals surface area contributed by atoms with Crippen LogP contribution in [0.4, 0.5) is 5.69 Å². The number of nitriles is 1. The summed E-state index contributed by atoms with van der Waals surface area (Å²) in [5.74, 6) is 0.846. The molecule has 0 N–H and O–H groups in total. The van der Waals surface area contributed by atoms with Crippen molar-refractivity contribution in [3.05, 3.63) is 52.8 Å². The Morgan fingerprint density at radius 2 is 2.00 bits per heavy atom. The molecule has 3 aliphatic heterocycles. The molecule has 4 aliphatic rings. The Morgan fingerprint density at radius 1 is 1.17 bits per heavy atom. The van der Waals surface area contributed by atoms with Gasteiger partial charge in [-0.05, 0) is 35.9 Å². The number of nitrogens with zero attached hydrogens (tertiary/aromatic N) is 2. The van der Waals surface area contributed by atoms with Gasteiger partial charge in [0.05, 0.1) is 35.9 Å². The first-order chi connectivity index (χ1) is 11.3. The van der Waals surface area contributed by atoms with Crippen LogP contribution in [0.3, 0.4) is 0 Å². The molecule has 0 aromatic heterocycles. The normalized spacial score (nSPS) is 33.2. The number of hydrogen-bond donors (Lipinski definition) is 0. The molecule has 0 saturated carbocycles. The highest BCUT2D eigenvalue weighted by atomic mass is 16.6. The molecular weight excluding hydrogens is 292 g/mol. The van der Waals surface area contributed by atoms with Gasteiger partial charge in [-0.1, -0.05) is 0 Å². The Balaban J connectivity index is 1.64. The lowest BCUT2D eigenvalue weighted by Gasteiger charge is -2.32. The molecule has 114 valence electrons. The predicted octanol–water partition coefficient (Wildman–Crippen LogP) is 2.15. The fourth-order valence-corrected chi connectivity index (χ4v) is 3.75. The summed E-state index contributed by atoms with van der Waals surface area (Å²) in [5, 5.41) is 9.20. The van der Waals surface area contributed by atoms with E-state index >= 15 is 0 Å². The Morgan fingerprint density at radius 3 is 2.83 bits per heavy atom. The lowest BCUT2D eigenvalue weighted by atomic mass is 9.75. The SMILES string of the molecule is N#Cc1ccc2c(c1)C1(C=N2)COC2=CC3OCCOC3C=C21. The molecule has 2 saturated heterocycles. The number of hydrogen-bond acceptors (Lipinski definition) is 5. The number of rotatable bonds is 0. The van der Waals surface area contributed by atoms with E-state index in [4.69, 9.17) is 14.2 Å². The Hall–Kier alpha value is -2.42. The first kappa shape index (κ1) is 13.1. The Bertz CT molecular complexity index is 833. The molecule has 1 aromatic carbocycles. The number of benzene rings is 1. The number of aliphatic imine (C=N–C) groups is 1. The maximum atomic E-state index is 9.20. The van der Waals surface area contributed by atoms with Gasteiger partial charge in [0, 0.05) is 11.8 Å². The molecule has 1 aromatic rings. The second kappa shape index (κ2) is 4.54. The number of ether oxygens (including phenoxy) is 3. The van der Waals surface area contributed by atoms with Gasteiger partial charge in [0.1, 0.15) is 24.6 Å². The molecule has 2 fully saturated rings. The zero-order valence-corrected chi connectivity index (χ0v) is 12.4. The van der Waals surface area contributed by atoms with E-state index in [-0.39, 0.29) is 12.2 Å². The van der Waals surface area contributed by atoms with Gasteiger partial charge >= 0.3 is 0 Å². The largest absolute Gasteiger partial charge is 0.492 e. The highest BCUT2D eigenvalue weighted by molar-refractivity contribution is 5.91. The second-order valence-electron chi connectivity index (χ2n) is 6.14. The van der Waals surface area contributed by atoms with Crippen molar-refractivity contribution in [2.75, 3.05) is 19.8 Å². The van der Waals surface area contributed by atoms with Gasteiger partial charge in [0.2, 0.25) is 0 Å². The summed E-state index contributed by atoms with van der Waals surface area (Å²) in [6.07, 6.45) is 5.88. The Labute approximate surface area is 133 Å². The minimum absolute atomic E-state index is 0.0825. The molecule has 3 unspecified atom stereocenters. The summed E-state index contributed by atoms with van der Waals surface area (Å²) in [5.41, 5.74) is 3.22. The zero-order valence-electron chi connectivity index (χ0n) is 12.4. The smallest absolute Gasteiger partial charge is 0.122 e. The maximum absolute atomic E-state index is 9.20. The molecular formula is C18H14N2O3. The van der Waals surface area contributed by atoms with E-state index < -0.39 is 5.41 Å². The third-order valence-corrected chi connectivity index (χ3v) is 4.91. The van der Waals surface area contributed by atoms with Crippen LogP contribution in [0.5, 0.6) is 0 Å². The molecule has 3 atom stereocenters. The standard InChI is InChI=1S/C18H14N2O3/c19-8-11-1-2-14-12(5-11)18(9-20-14)10-23-15-7-17-16(6-13(15)18)21-3-4-22-17/h1-2,5-7,9,16-17H,3-4,10H2. The van der Waals surface area contributed by atoms with Gasteiger partial charge in [0.15, 0.2) is 0 Å². The molecule has 1 aliphatic carbocycles. The molecule has 0 radical (unpaired) electrons. The molecule has 5 rings (SSSR count). The highest BCUT2D eigenvalue weighted by Gasteiger charge is 2.50. The minimum Gasteiger partial charge on any atom is -0.492 e.